The fourth-order valence-electron chi connectivity index (χ4n) is 2.06. The third-order valence-electron chi connectivity index (χ3n) is 3.06. The van der Waals surface area contributed by atoms with Crippen molar-refractivity contribution in [1.82, 2.24) is 5.43 Å². The lowest BCUT2D eigenvalue weighted by atomic mass is 9.98. The van der Waals surface area contributed by atoms with E-state index in [1.54, 1.807) is 18.2 Å². The predicted octanol–water partition coefficient (Wildman–Crippen LogP) is 4.16. The van der Waals surface area contributed by atoms with Crippen molar-refractivity contribution in [2.24, 2.45) is 5.84 Å². The van der Waals surface area contributed by atoms with Crippen LogP contribution in [0.2, 0.25) is 10.0 Å². The summed E-state index contributed by atoms with van der Waals surface area (Å²) in [5.74, 6) is 2.31. The van der Waals surface area contributed by atoms with Gasteiger partial charge in [0.25, 0.3) is 0 Å². The highest BCUT2D eigenvalue weighted by Gasteiger charge is 2.22. The van der Waals surface area contributed by atoms with Gasteiger partial charge in [0.1, 0.15) is 17.5 Å². The number of hydrogen-bond acceptors (Lipinski definition) is 2. The summed E-state index contributed by atoms with van der Waals surface area (Å²) in [6.07, 6.45) is 0.0501. The van der Waals surface area contributed by atoms with Crippen molar-refractivity contribution < 1.29 is 13.2 Å². The van der Waals surface area contributed by atoms with Crippen molar-refractivity contribution in [3.8, 4) is 0 Å². The first-order chi connectivity index (χ1) is 9.93. The van der Waals surface area contributed by atoms with Gasteiger partial charge in [-0.15, -0.1) is 0 Å². The summed E-state index contributed by atoms with van der Waals surface area (Å²) in [5.41, 5.74) is 2.43. The van der Waals surface area contributed by atoms with Crippen LogP contribution in [-0.4, -0.2) is 0 Å². The minimum Gasteiger partial charge on any atom is -0.271 e. The molecule has 0 spiro atoms. The summed E-state index contributed by atoms with van der Waals surface area (Å²) >= 11 is 12.0. The molecule has 0 aliphatic carbocycles. The summed E-state index contributed by atoms with van der Waals surface area (Å²) in [6.45, 7) is 0. The summed E-state index contributed by atoms with van der Waals surface area (Å²) in [5, 5.41) is 0.705. The SMILES string of the molecule is NNC(Cc1c(Cl)cccc1Cl)c1c(F)cc(F)cc1F. The standard InChI is InChI=1S/C14H11Cl2F3N2/c15-9-2-1-3-10(16)8(9)6-13(21-20)14-11(18)4-7(17)5-12(14)19/h1-5,13,21H,6,20H2. The fraction of sp³-hybridized carbons (Fsp3) is 0.143. The summed E-state index contributed by atoms with van der Waals surface area (Å²) in [4.78, 5) is 0. The van der Waals surface area contributed by atoms with E-state index in [1.165, 1.54) is 0 Å². The summed E-state index contributed by atoms with van der Waals surface area (Å²) in [6, 6.07) is 5.11. The van der Waals surface area contributed by atoms with E-state index in [9.17, 15) is 13.2 Å². The van der Waals surface area contributed by atoms with E-state index in [-0.39, 0.29) is 12.0 Å². The Hall–Kier alpha value is -1.27. The number of rotatable bonds is 4. The van der Waals surface area contributed by atoms with Gasteiger partial charge in [-0.05, 0) is 24.1 Å². The Morgan fingerprint density at radius 2 is 1.57 bits per heavy atom. The Balaban J connectivity index is 2.42. The van der Waals surface area contributed by atoms with E-state index >= 15 is 0 Å². The lowest BCUT2D eigenvalue weighted by Gasteiger charge is -2.19. The Kier molecular flexibility index (Phi) is 5.11. The zero-order valence-electron chi connectivity index (χ0n) is 10.6. The first-order valence-corrected chi connectivity index (χ1v) is 6.73. The van der Waals surface area contributed by atoms with Crippen LogP contribution in [0.25, 0.3) is 0 Å². The number of halogens is 5. The molecule has 2 rings (SSSR count). The monoisotopic (exact) mass is 334 g/mol. The van der Waals surface area contributed by atoms with Crippen molar-refractivity contribution in [2.45, 2.75) is 12.5 Å². The van der Waals surface area contributed by atoms with Crippen LogP contribution in [0, 0.1) is 17.5 Å². The van der Waals surface area contributed by atoms with Gasteiger partial charge >= 0.3 is 0 Å². The minimum atomic E-state index is -1.03. The van der Waals surface area contributed by atoms with Gasteiger partial charge in [-0.2, -0.15) is 0 Å². The minimum absolute atomic E-state index is 0.0501. The highest BCUT2D eigenvalue weighted by atomic mass is 35.5. The zero-order chi connectivity index (χ0) is 15.6. The molecule has 0 radical (unpaired) electrons. The smallest absolute Gasteiger partial charge is 0.133 e. The Morgan fingerprint density at radius 1 is 1.05 bits per heavy atom. The molecule has 0 saturated carbocycles. The van der Waals surface area contributed by atoms with Gasteiger partial charge in [-0.1, -0.05) is 29.3 Å². The molecule has 112 valence electrons. The topological polar surface area (TPSA) is 38.0 Å². The third kappa shape index (κ3) is 3.49. The maximum atomic E-state index is 13.8. The maximum Gasteiger partial charge on any atom is 0.133 e. The summed E-state index contributed by atoms with van der Waals surface area (Å²) < 4.78 is 40.6. The lowest BCUT2D eigenvalue weighted by molar-refractivity contribution is 0.462. The highest BCUT2D eigenvalue weighted by molar-refractivity contribution is 6.36. The molecule has 0 heterocycles. The third-order valence-corrected chi connectivity index (χ3v) is 3.77. The molecular weight excluding hydrogens is 324 g/mol. The maximum absolute atomic E-state index is 13.8. The second kappa shape index (κ2) is 6.66. The van der Waals surface area contributed by atoms with Crippen molar-refractivity contribution in [2.75, 3.05) is 0 Å². The summed E-state index contributed by atoms with van der Waals surface area (Å²) in [7, 11) is 0. The van der Waals surface area contributed by atoms with Crippen LogP contribution in [0.1, 0.15) is 17.2 Å². The van der Waals surface area contributed by atoms with Crippen LogP contribution in [0.15, 0.2) is 30.3 Å². The molecule has 2 aromatic carbocycles. The van der Waals surface area contributed by atoms with Crippen LogP contribution < -0.4 is 11.3 Å². The first-order valence-electron chi connectivity index (χ1n) is 5.97. The van der Waals surface area contributed by atoms with Crippen LogP contribution in [0.4, 0.5) is 13.2 Å². The van der Waals surface area contributed by atoms with Crippen LogP contribution >= 0.6 is 23.2 Å². The largest absolute Gasteiger partial charge is 0.271 e. The molecule has 0 saturated heterocycles. The molecule has 0 aromatic heterocycles. The van der Waals surface area contributed by atoms with Gasteiger partial charge in [-0.25, -0.2) is 13.2 Å². The van der Waals surface area contributed by atoms with Crippen molar-refractivity contribution in [3.63, 3.8) is 0 Å². The van der Waals surface area contributed by atoms with Crippen LogP contribution in [-0.2, 0) is 6.42 Å². The van der Waals surface area contributed by atoms with Crippen molar-refractivity contribution >= 4 is 23.2 Å². The second-order valence-corrected chi connectivity index (χ2v) is 5.22. The number of benzene rings is 2. The molecule has 0 amide bonds. The van der Waals surface area contributed by atoms with Crippen LogP contribution in [0.3, 0.4) is 0 Å². The van der Waals surface area contributed by atoms with Gasteiger partial charge in [0.05, 0.1) is 6.04 Å². The molecule has 3 N–H and O–H groups in total. The lowest BCUT2D eigenvalue weighted by Crippen LogP contribution is -2.31. The Labute approximate surface area is 129 Å². The number of hydrogen-bond donors (Lipinski definition) is 2. The second-order valence-electron chi connectivity index (χ2n) is 4.41. The van der Waals surface area contributed by atoms with E-state index in [0.717, 1.165) is 0 Å². The van der Waals surface area contributed by atoms with Gasteiger partial charge < -0.3 is 0 Å². The molecule has 1 atom stereocenters. The molecular formula is C14H11Cl2F3N2. The van der Waals surface area contributed by atoms with E-state index < -0.39 is 23.5 Å². The molecule has 0 fully saturated rings. The molecule has 0 aliphatic heterocycles. The van der Waals surface area contributed by atoms with Crippen LogP contribution in [0.5, 0.6) is 0 Å². The molecule has 0 aliphatic rings. The molecule has 1 unspecified atom stereocenters. The Bertz CT molecular complexity index is 621. The van der Waals surface area contributed by atoms with Crippen molar-refractivity contribution in [3.05, 3.63) is 69.0 Å². The van der Waals surface area contributed by atoms with E-state index in [0.29, 0.717) is 27.7 Å². The molecule has 7 heteroatoms. The molecule has 2 nitrogen and oxygen atoms in total. The number of nitrogens with one attached hydrogen (secondary N) is 1. The number of nitrogens with two attached hydrogens (primary N) is 1. The highest BCUT2D eigenvalue weighted by Crippen LogP contribution is 2.31. The average molecular weight is 335 g/mol. The van der Waals surface area contributed by atoms with Gasteiger partial charge in [0.15, 0.2) is 0 Å². The van der Waals surface area contributed by atoms with Crippen molar-refractivity contribution in [1.29, 1.82) is 0 Å². The Morgan fingerprint density at radius 3 is 2.05 bits per heavy atom. The number of hydrazine groups is 1. The van der Waals surface area contributed by atoms with E-state index in [1.807, 2.05) is 0 Å². The van der Waals surface area contributed by atoms with E-state index in [4.69, 9.17) is 29.0 Å². The fourth-order valence-corrected chi connectivity index (χ4v) is 2.61. The normalized spacial score (nSPS) is 12.5. The first kappa shape index (κ1) is 16.1. The molecule has 21 heavy (non-hydrogen) atoms. The average Bonchev–Trinajstić information content (AvgIpc) is 2.39. The van der Waals surface area contributed by atoms with Gasteiger partial charge in [0, 0.05) is 27.7 Å². The predicted molar refractivity (Wildman–Crippen MR) is 76.5 cm³/mol. The molecule has 0 bridgehead atoms. The zero-order valence-corrected chi connectivity index (χ0v) is 12.2. The van der Waals surface area contributed by atoms with Gasteiger partial charge in [0.2, 0.25) is 0 Å². The van der Waals surface area contributed by atoms with Gasteiger partial charge in [-0.3, -0.25) is 11.3 Å². The molecule has 2 aromatic rings. The van der Waals surface area contributed by atoms with E-state index in [2.05, 4.69) is 5.43 Å². The quantitative estimate of drug-likeness (QED) is 0.650.